The third-order valence-corrected chi connectivity index (χ3v) is 12.1. The minimum atomic E-state index is 0.538. The highest BCUT2D eigenvalue weighted by Gasteiger charge is 2.21. The van der Waals surface area contributed by atoms with Crippen molar-refractivity contribution >= 4 is 75.4 Å². The zero-order chi connectivity index (χ0) is 37.5. The molecule has 0 atom stereocenters. The molecule has 4 aromatic heterocycles. The number of fused-ring (bicyclic) bond motifs is 9. The molecule has 0 aliphatic heterocycles. The Labute approximate surface area is 330 Å². The van der Waals surface area contributed by atoms with Crippen molar-refractivity contribution < 1.29 is 8.83 Å². The number of hydrogen-bond donors (Lipinski definition) is 0. The van der Waals surface area contributed by atoms with Gasteiger partial charge in [-0.25, -0.2) is 15.0 Å². The van der Waals surface area contributed by atoms with Gasteiger partial charge in [-0.2, -0.15) is 0 Å². The van der Waals surface area contributed by atoms with Crippen LogP contribution in [0.5, 0.6) is 0 Å². The predicted molar refractivity (Wildman–Crippen MR) is 234 cm³/mol. The normalized spacial score (nSPS) is 11.9. The molecule has 266 valence electrons. The molecule has 12 aromatic rings. The van der Waals surface area contributed by atoms with Crippen molar-refractivity contribution in [1.29, 1.82) is 0 Å². The molecular formula is C51H29N3O2S. The van der Waals surface area contributed by atoms with Crippen LogP contribution < -0.4 is 0 Å². The Kier molecular flexibility index (Phi) is 7.03. The summed E-state index contributed by atoms with van der Waals surface area (Å²) in [4.78, 5) is 15.4. The molecule has 0 radical (unpaired) electrons. The summed E-state index contributed by atoms with van der Waals surface area (Å²) in [5.41, 5.74) is 10.4. The molecule has 6 heteroatoms. The fourth-order valence-corrected chi connectivity index (χ4v) is 9.49. The molecule has 0 bridgehead atoms. The Morgan fingerprint density at radius 2 is 1.00 bits per heavy atom. The number of nitrogens with zero attached hydrogens (tertiary/aromatic N) is 3. The highest BCUT2D eigenvalue weighted by atomic mass is 32.1. The van der Waals surface area contributed by atoms with Crippen LogP contribution in [0.2, 0.25) is 0 Å². The van der Waals surface area contributed by atoms with Crippen LogP contribution in [0.25, 0.3) is 120 Å². The largest absolute Gasteiger partial charge is 0.456 e. The summed E-state index contributed by atoms with van der Waals surface area (Å²) in [6, 6.07) is 61.0. The van der Waals surface area contributed by atoms with E-state index in [4.69, 9.17) is 23.8 Å². The highest BCUT2D eigenvalue weighted by Crippen LogP contribution is 2.45. The third kappa shape index (κ3) is 5.12. The zero-order valence-electron chi connectivity index (χ0n) is 30.3. The fourth-order valence-electron chi connectivity index (χ4n) is 8.32. The van der Waals surface area contributed by atoms with E-state index in [2.05, 4.69) is 109 Å². The lowest BCUT2D eigenvalue weighted by atomic mass is 9.94. The number of rotatable bonds is 5. The molecule has 0 amide bonds. The SMILES string of the molecule is c1ccc(-c2cc(-c3ccc4c(c3)oc3c(-c5nc(-c6ccccc6)nc(-c6cccc7oc8ccccc8c67)n5)cccc34)c3c(c2)sc2ccccc23)cc1. The van der Waals surface area contributed by atoms with Crippen LogP contribution in [0, 0.1) is 0 Å². The van der Waals surface area contributed by atoms with Crippen LogP contribution in [-0.2, 0) is 0 Å². The first-order chi connectivity index (χ1) is 28.2. The summed E-state index contributed by atoms with van der Waals surface area (Å²) >= 11 is 1.84. The van der Waals surface area contributed by atoms with Gasteiger partial charge in [-0.1, -0.05) is 127 Å². The molecule has 4 heterocycles. The first-order valence-corrected chi connectivity index (χ1v) is 19.7. The van der Waals surface area contributed by atoms with Crippen LogP contribution in [0.4, 0.5) is 0 Å². The van der Waals surface area contributed by atoms with E-state index < -0.39 is 0 Å². The van der Waals surface area contributed by atoms with Gasteiger partial charge >= 0.3 is 0 Å². The molecule has 0 saturated heterocycles. The topological polar surface area (TPSA) is 65.0 Å². The van der Waals surface area contributed by atoms with Gasteiger partial charge in [0.1, 0.15) is 22.3 Å². The van der Waals surface area contributed by atoms with Gasteiger partial charge in [0.05, 0.1) is 5.56 Å². The maximum absolute atomic E-state index is 6.89. The zero-order valence-corrected chi connectivity index (χ0v) is 31.1. The lowest BCUT2D eigenvalue weighted by Gasteiger charge is -2.10. The molecular weight excluding hydrogens is 719 g/mol. The molecule has 0 N–H and O–H groups in total. The van der Waals surface area contributed by atoms with E-state index >= 15 is 0 Å². The van der Waals surface area contributed by atoms with E-state index in [0.29, 0.717) is 17.5 Å². The average molecular weight is 748 g/mol. The van der Waals surface area contributed by atoms with Gasteiger partial charge in [0.25, 0.3) is 0 Å². The van der Waals surface area contributed by atoms with Gasteiger partial charge in [0, 0.05) is 52.8 Å². The molecule has 0 saturated carbocycles. The van der Waals surface area contributed by atoms with E-state index in [1.807, 2.05) is 78.1 Å². The van der Waals surface area contributed by atoms with Crippen LogP contribution in [0.3, 0.4) is 0 Å². The van der Waals surface area contributed by atoms with Gasteiger partial charge in [0.15, 0.2) is 17.5 Å². The van der Waals surface area contributed by atoms with Crippen molar-refractivity contribution in [2.24, 2.45) is 0 Å². The van der Waals surface area contributed by atoms with Crippen LogP contribution in [-0.4, -0.2) is 15.0 Å². The average Bonchev–Trinajstić information content (AvgIpc) is 3.97. The van der Waals surface area contributed by atoms with Gasteiger partial charge in [0.2, 0.25) is 0 Å². The molecule has 12 rings (SSSR count). The highest BCUT2D eigenvalue weighted by molar-refractivity contribution is 7.26. The first-order valence-electron chi connectivity index (χ1n) is 18.9. The Hall–Kier alpha value is -7.41. The number of aromatic nitrogens is 3. The molecule has 0 aliphatic rings. The van der Waals surface area contributed by atoms with Crippen LogP contribution >= 0.6 is 11.3 Å². The molecule has 0 aliphatic carbocycles. The van der Waals surface area contributed by atoms with Crippen molar-refractivity contribution in [3.05, 3.63) is 176 Å². The summed E-state index contributed by atoms with van der Waals surface area (Å²) in [6.07, 6.45) is 0. The Morgan fingerprint density at radius 3 is 1.86 bits per heavy atom. The third-order valence-electron chi connectivity index (χ3n) is 10.9. The van der Waals surface area contributed by atoms with Gasteiger partial charge in [-0.15, -0.1) is 11.3 Å². The molecule has 0 spiro atoms. The fraction of sp³-hybridized carbons (Fsp3) is 0. The van der Waals surface area contributed by atoms with Crippen LogP contribution in [0.15, 0.2) is 185 Å². The summed E-state index contributed by atoms with van der Waals surface area (Å²) in [5, 5.41) is 6.56. The van der Waals surface area contributed by atoms with Crippen molar-refractivity contribution in [3.8, 4) is 56.4 Å². The maximum atomic E-state index is 6.89. The minimum Gasteiger partial charge on any atom is -0.456 e. The first kappa shape index (κ1) is 31.9. The standard InChI is InChI=1S/C51H29N3O2S/c1-3-13-30(14-4-1)33-27-40(47-37-18-8-10-24-44(37)57-45(47)29-33)32-25-26-34-35-19-11-21-39(48(35)56-43(34)28-32)51-53-49(31-15-5-2-6-16-31)52-50(54-51)38-20-12-23-42-46(38)36-17-7-9-22-41(36)55-42/h1-29H. The van der Waals surface area contributed by atoms with Crippen molar-refractivity contribution in [3.63, 3.8) is 0 Å². The number of hydrogen-bond acceptors (Lipinski definition) is 6. The lowest BCUT2D eigenvalue weighted by Crippen LogP contribution is -2.00. The van der Waals surface area contributed by atoms with Crippen molar-refractivity contribution in [2.45, 2.75) is 0 Å². The van der Waals surface area contributed by atoms with Gasteiger partial charge < -0.3 is 8.83 Å². The molecule has 0 fully saturated rings. The Bertz CT molecular complexity index is 3530. The Balaban J connectivity index is 1.07. The van der Waals surface area contributed by atoms with Gasteiger partial charge in [-0.3, -0.25) is 0 Å². The van der Waals surface area contributed by atoms with E-state index in [9.17, 15) is 0 Å². The maximum Gasteiger partial charge on any atom is 0.167 e. The predicted octanol–water partition coefficient (Wildman–Crippen LogP) is 14.4. The quantitative estimate of drug-likeness (QED) is 0.175. The second-order valence-electron chi connectivity index (χ2n) is 14.3. The van der Waals surface area contributed by atoms with Crippen LogP contribution in [0.1, 0.15) is 0 Å². The van der Waals surface area contributed by atoms with E-state index in [1.54, 1.807) is 0 Å². The number of thiophene rings is 1. The minimum absolute atomic E-state index is 0.538. The number of para-hydroxylation sites is 2. The monoisotopic (exact) mass is 747 g/mol. The number of benzene rings is 8. The smallest absolute Gasteiger partial charge is 0.167 e. The summed E-state index contributed by atoms with van der Waals surface area (Å²) in [5.74, 6) is 1.69. The van der Waals surface area contributed by atoms with Gasteiger partial charge in [-0.05, 0) is 70.8 Å². The molecule has 0 unspecified atom stereocenters. The lowest BCUT2D eigenvalue weighted by molar-refractivity contribution is 0.668. The van der Waals surface area contributed by atoms with Crippen molar-refractivity contribution in [1.82, 2.24) is 15.0 Å². The summed E-state index contributed by atoms with van der Waals surface area (Å²) in [7, 11) is 0. The molecule has 57 heavy (non-hydrogen) atoms. The number of furan rings is 2. The van der Waals surface area contributed by atoms with E-state index in [1.165, 1.54) is 36.9 Å². The van der Waals surface area contributed by atoms with E-state index in [0.717, 1.165) is 66.1 Å². The second-order valence-corrected chi connectivity index (χ2v) is 15.4. The summed E-state index contributed by atoms with van der Waals surface area (Å²) in [6.45, 7) is 0. The Morgan fingerprint density at radius 1 is 0.333 bits per heavy atom. The molecule has 5 nitrogen and oxygen atoms in total. The molecule has 8 aromatic carbocycles. The van der Waals surface area contributed by atoms with Crippen molar-refractivity contribution in [2.75, 3.05) is 0 Å². The van der Waals surface area contributed by atoms with E-state index in [-0.39, 0.29) is 0 Å². The summed E-state index contributed by atoms with van der Waals surface area (Å²) < 4.78 is 15.7. The second kappa shape index (κ2) is 12.6.